The number of nitrogens with zero attached hydrogens (tertiary/aromatic N) is 1. The topological polar surface area (TPSA) is 24.5 Å². The molecule has 1 heterocycles. The Labute approximate surface area is 114 Å². The fraction of sp³-hybridized carbons (Fsp3) is 0.600. The van der Waals surface area contributed by atoms with Gasteiger partial charge in [-0.3, -0.25) is 4.90 Å². The molecular formula is C15H23FN2O. The third kappa shape index (κ3) is 3.45. The summed E-state index contributed by atoms with van der Waals surface area (Å²) in [5, 5.41) is 3.37. The van der Waals surface area contributed by atoms with Crippen LogP contribution in [-0.2, 0) is 0 Å². The van der Waals surface area contributed by atoms with Crippen LogP contribution in [0.2, 0.25) is 0 Å². The van der Waals surface area contributed by atoms with Crippen LogP contribution in [-0.4, -0.2) is 38.2 Å². The Morgan fingerprint density at radius 1 is 1.37 bits per heavy atom. The molecule has 0 saturated carbocycles. The Bertz CT molecular complexity index is 405. The second-order valence-corrected chi connectivity index (χ2v) is 4.98. The first-order chi connectivity index (χ1) is 9.26. The van der Waals surface area contributed by atoms with Crippen LogP contribution in [0.15, 0.2) is 18.2 Å². The van der Waals surface area contributed by atoms with E-state index in [0.717, 1.165) is 44.6 Å². The molecule has 1 fully saturated rings. The maximum Gasteiger partial charge on any atom is 0.165 e. The quantitative estimate of drug-likeness (QED) is 0.886. The molecule has 0 aliphatic carbocycles. The molecule has 19 heavy (non-hydrogen) atoms. The number of halogens is 1. The summed E-state index contributed by atoms with van der Waals surface area (Å²) in [6.07, 6.45) is 2.21. The molecular weight excluding hydrogens is 243 g/mol. The van der Waals surface area contributed by atoms with Crippen molar-refractivity contribution in [3.05, 3.63) is 29.6 Å². The third-order valence-electron chi connectivity index (χ3n) is 3.71. The van der Waals surface area contributed by atoms with Crippen molar-refractivity contribution in [3.63, 3.8) is 0 Å². The van der Waals surface area contributed by atoms with Crippen molar-refractivity contribution in [2.24, 2.45) is 0 Å². The van der Waals surface area contributed by atoms with Crippen LogP contribution >= 0.6 is 0 Å². The van der Waals surface area contributed by atoms with E-state index in [0.29, 0.717) is 11.8 Å². The highest BCUT2D eigenvalue weighted by atomic mass is 19.1. The molecule has 0 spiro atoms. The summed E-state index contributed by atoms with van der Waals surface area (Å²) in [5.41, 5.74) is 1.15. The number of rotatable bonds is 5. The molecule has 1 N–H and O–H groups in total. The van der Waals surface area contributed by atoms with Crippen LogP contribution in [0.4, 0.5) is 4.39 Å². The smallest absolute Gasteiger partial charge is 0.165 e. The molecule has 1 aliphatic heterocycles. The number of methoxy groups -OCH3 is 1. The highest BCUT2D eigenvalue weighted by Crippen LogP contribution is 2.29. The molecule has 0 bridgehead atoms. The molecule has 4 heteroatoms. The molecule has 1 aromatic carbocycles. The van der Waals surface area contributed by atoms with Gasteiger partial charge in [0, 0.05) is 32.2 Å². The summed E-state index contributed by atoms with van der Waals surface area (Å²) < 4.78 is 18.6. The lowest BCUT2D eigenvalue weighted by Crippen LogP contribution is -2.45. The maximum atomic E-state index is 13.5. The predicted molar refractivity (Wildman–Crippen MR) is 75.0 cm³/mol. The van der Waals surface area contributed by atoms with Crippen LogP contribution < -0.4 is 10.1 Å². The molecule has 2 rings (SSSR count). The van der Waals surface area contributed by atoms with Gasteiger partial charge in [-0.2, -0.15) is 0 Å². The van der Waals surface area contributed by atoms with Crippen LogP contribution in [0.1, 0.15) is 31.4 Å². The van der Waals surface area contributed by atoms with Gasteiger partial charge in [-0.15, -0.1) is 0 Å². The first kappa shape index (κ1) is 14.3. The van der Waals surface area contributed by atoms with E-state index in [2.05, 4.69) is 17.1 Å². The lowest BCUT2D eigenvalue weighted by atomic mass is 9.99. The van der Waals surface area contributed by atoms with Crippen LogP contribution in [0.3, 0.4) is 0 Å². The van der Waals surface area contributed by atoms with E-state index in [1.807, 2.05) is 12.1 Å². The van der Waals surface area contributed by atoms with E-state index in [4.69, 9.17) is 4.74 Å². The molecule has 0 amide bonds. The SMILES string of the molecule is CCC[C@@H](c1ccc(F)c(OC)c1)N1CCNCC1. The Kier molecular flexibility index (Phi) is 5.16. The van der Waals surface area contributed by atoms with Crippen molar-refractivity contribution in [3.8, 4) is 5.75 Å². The molecule has 0 unspecified atom stereocenters. The van der Waals surface area contributed by atoms with Crippen LogP contribution in [0.25, 0.3) is 0 Å². The molecule has 3 nitrogen and oxygen atoms in total. The molecule has 1 aromatic rings. The number of piperazine rings is 1. The Morgan fingerprint density at radius 2 is 2.11 bits per heavy atom. The molecule has 106 valence electrons. The van der Waals surface area contributed by atoms with Gasteiger partial charge in [0.1, 0.15) is 0 Å². The number of benzene rings is 1. The molecule has 0 radical (unpaired) electrons. The average Bonchev–Trinajstić information content (AvgIpc) is 2.46. The zero-order valence-electron chi connectivity index (χ0n) is 11.8. The van der Waals surface area contributed by atoms with Gasteiger partial charge in [-0.25, -0.2) is 4.39 Å². The predicted octanol–water partition coefficient (Wildman–Crippen LogP) is 2.58. The first-order valence-electron chi connectivity index (χ1n) is 7.04. The number of hydrogen-bond donors (Lipinski definition) is 1. The fourth-order valence-electron chi connectivity index (χ4n) is 2.71. The number of nitrogens with one attached hydrogen (secondary N) is 1. The summed E-state index contributed by atoms with van der Waals surface area (Å²) in [6.45, 7) is 6.34. The summed E-state index contributed by atoms with van der Waals surface area (Å²) in [7, 11) is 1.52. The maximum absolute atomic E-state index is 13.5. The Balaban J connectivity index is 2.22. The number of hydrogen-bond acceptors (Lipinski definition) is 3. The Hall–Kier alpha value is -1.13. The van der Waals surface area contributed by atoms with E-state index in [-0.39, 0.29) is 5.82 Å². The first-order valence-corrected chi connectivity index (χ1v) is 7.04. The average molecular weight is 266 g/mol. The highest BCUT2D eigenvalue weighted by molar-refractivity contribution is 5.32. The third-order valence-corrected chi connectivity index (χ3v) is 3.71. The fourth-order valence-corrected chi connectivity index (χ4v) is 2.71. The van der Waals surface area contributed by atoms with Gasteiger partial charge in [-0.05, 0) is 24.1 Å². The second kappa shape index (κ2) is 6.87. The van der Waals surface area contributed by atoms with Crippen LogP contribution in [0.5, 0.6) is 5.75 Å². The van der Waals surface area contributed by atoms with Crippen molar-refractivity contribution in [1.29, 1.82) is 0 Å². The van der Waals surface area contributed by atoms with E-state index >= 15 is 0 Å². The van der Waals surface area contributed by atoms with E-state index < -0.39 is 0 Å². The van der Waals surface area contributed by atoms with Gasteiger partial charge in [0.2, 0.25) is 0 Å². The van der Waals surface area contributed by atoms with Crippen molar-refractivity contribution >= 4 is 0 Å². The number of ether oxygens (including phenoxy) is 1. The minimum Gasteiger partial charge on any atom is -0.494 e. The zero-order valence-corrected chi connectivity index (χ0v) is 11.8. The summed E-state index contributed by atoms with van der Waals surface area (Å²) in [5.74, 6) is 0.0514. The molecule has 1 atom stereocenters. The van der Waals surface area contributed by atoms with Crippen LogP contribution in [0, 0.1) is 5.82 Å². The highest BCUT2D eigenvalue weighted by Gasteiger charge is 2.22. The molecule has 0 aromatic heterocycles. The van der Waals surface area contributed by atoms with E-state index in [1.165, 1.54) is 13.2 Å². The van der Waals surface area contributed by atoms with Gasteiger partial charge in [0.15, 0.2) is 11.6 Å². The van der Waals surface area contributed by atoms with E-state index in [9.17, 15) is 4.39 Å². The lowest BCUT2D eigenvalue weighted by molar-refractivity contribution is 0.164. The standard InChI is InChI=1S/C15H23FN2O/c1-3-4-14(18-9-7-17-8-10-18)12-5-6-13(16)15(11-12)19-2/h5-6,11,14,17H,3-4,7-10H2,1-2H3/t14-/m0/s1. The molecule has 1 aliphatic rings. The van der Waals surface area contributed by atoms with Crippen molar-refractivity contribution in [1.82, 2.24) is 10.2 Å². The van der Waals surface area contributed by atoms with Gasteiger partial charge >= 0.3 is 0 Å². The summed E-state index contributed by atoms with van der Waals surface area (Å²) in [6, 6.07) is 5.61. The minimum atomic E-state index is -0.290. The van der Waals surface area contributed by atoms with Gasteiger partial charge < -0.3 is 10.1 Å². The van der Waals surface area contributed by atoms with E-state index in [1.54, 1.807) is 0 Å². The normalized spacial score (nSPS) is 18.3. The largest absolute Gasteiger partial charge is 0.494 e. The van der Waals surface area contributed by atoms with Gasteiger partial charge in [0.25, 0.3) is 0 Å². The lowest BCUT2D eigenvalue weighted by Gasteiger charge is -2.35. The van der Waals surface area contributed by atoms with Crippen molar-refractivity contribution < 1.29 is 9.13 Å². The molecule has 1 saturated heterocycles. The Morgan fingerprint density at radius 3 is 2.74 bits per heavy atom. The zero-order chi connectivity index (χ0) is 13.7. The van der Waals surface area contributed by atoms with Crippen molar-refractivity contribution in [2.75, 3.05) is 33.3 Å². The van der Waals surface area contributed by atoms with Gasteiger partial charge in [-0.1, -0.05) is 19.4 Å². The second-order valence-electron chi connectivity index (χ2n) is 4.98. The van der Waals surface area contributed by atoms with Crippen molar-refractivity contribution in [2.45, 2.75) is 25.8 Å². The summed E-state index contributed by atoms with van der Waals surface area (Å²) >= 11 is 0. The summed E-state index contributed by atoms with van der Waals surface area (Å²) in [4.78, 5) is 2.48. The minimum absolute atomic E-state index is 0.290. The monoisotopic (exact) mass is 266 g/mol. The van der Waals surface area contributed by atoms with Gasteiger partial charge in [0.05, 0.1) is 7.11 Å².